The van der Waals surface area contributed by atoms with E-state index in [1.807, 2.05) is 0 Å². The zero-order valence-corrected chi connectivity index (χ0v) is 13.8. The predicted octanol–water partition coefficient (Wildman–Crippen LogP) is 3.28. The van der Waals surface area contributed by atoms with Crippen LogP contribution in [0.5, 0.6) is 0 Å². The molecule has 0 aromatic heterocycles. The van der Waals surface area contributed by atoms with Gasteiger partial charge in [0.2, 0.25) is 0 Å². The number of allylic oxidation sites excluding steroid dienone is 1. The third kappa shape index (κ3) is 7.61. The molecule has 0 aliphatic heterocycles. The number of carbonyl (C=O) groups excluding carboxylic acids is 2. The number of carbonyl (C=O) groups is 2. The van der Waals surface area contributed by atoms with Gasteiger partial charge in [0.05, 0.1) is 5.70 Å². The molecule has 0 atom stereocenters. The maximum atomic E-state index is 12.0. The van der Waals surface area contributed by atoms with Crippen LogP contribution in [0.15, 0.2) is 67.6 Å². The fraction of sp³-hybridized carbons (Fsp3) is 0.235. The van der Waals surface area contributed by atoms with Crippen molar-refractivity contribution in [3.8, 4) is 0 Å². The zero-order chi connectivity index (χ0) is 18.0. The minimum Gasteiger partial charge on any atom is -0.444 e. The van der Waals surface area contributed by atoms with Gasteiger partial charge in [-0.15, -0.1) is 0 Å². The lowest BCUT2D eigenvalue weighted by Gasteiger charge is -2.21. The summed E-state index contributed by atoms with van der Waals surface area (Å²) in [6, 6.07) is 0. The first kappa shape index (κ1) is 20.1. The predicted molar refractivity (Wildman–Crippen MR) is 92.5 cm³/mol. The van der Waals surface area contributed by atoms with Crippen LogP contribution in [-0.2, 0) is 9.53 Å². The summed E-state index contributed by atoms with van der Waals surface area (Å²) < 4.78 is 5.14. The summed E-state index contributed by atoms with van der Waals surface area (Å²) in [5.41, 5.74) is -0.406. The van der Waals surface area contributed by atoms with E-state index >= 15 is 0 Å². The van der Waals surface area contributed by atoms with Crippen molar-refractivity contribution in [1.29, 1.82) is 0 Å². The molecule has 6 heteroatoms. The summed E-state index contributed by atoms with van der Waals surface area (Å²) in [6.45, 7) is 19.3. The van der Waals surface area contributed by atoms with Gasteiger partial charge in [-0.3, -0.25) is 15.0 Å². The van der Waals surface area contributed by atoms with E-state index in [1.54, 1.807) is 20.8 Å². The smallest absolute Gasteiger partial charge is 0.412 e. The second-order valence-corrected chi connectivity index (χ2v) is 5.20. The highest BCUT2D eigenvalue weighted by atomic mass is 16.6. The Bertz CT molecular complexity index is 566. The largest absolute Gasteiger partial charge is 0.444 e. The molecular formula is C17H23N3O3. The number of hydrogen-bond acceptors (Lipinski definition) is 4. The summed E-state index contributed by atoms with van der Waals surface area (Å²) in [7, 11) is 0. The van der Waals surface area contributed by atoms with Crippen LogP contribution < -0.4 is 5.32 Å². The number of hydrogen-bond donors (Lipinski definition) is 1. The number of alkyl carbamates (subject to hydrolysis) is 1. The Morgan fingerprint density at radius 3 is 2.09 bits per heavy atom. The van der Waals surface area contributed by atoms with Crippen LogP contribution in [0.2, 0.25) is 0 Å². The number of aliphatic imine (C=N–C) groups is 1. The first-order chi connectivity index (χ1) is 10.7. The first-order valence-corrected chi connectivity index (χ1v) is 6.79. The van der Waals surface area contributed by atoms with Gasteiger partial charge in [-0.2, -0.15) is 0 Å². The van der Waals surface area contributed by atoms with Crippen LogP contribution in [0.25, 0.3) is 0 Å². The standard InChI is InChI=1S/C17H23N3O3/c1-8-13(19-16(22)23-17(5,6)7)12-20(15(21)10-3)14(9-2)18-11-4/h8-12H,1-4H2,5-7H3,(H,19,22)/b13-12+,18-14-. The molecule has 0 radical (unpaired) electrons. The minimum atomic E-state index is -0.671. The summed E-state index contributed by atoms with van der Waals surface area (Å²) in [5.74, 6) is -0.244. The Hall–Kier alpha value is -2.89. The van der Waals surface area contributed by atoms with Crippen molar-refractivity contribution in [3.63, 3.8) is 0 Å². The molecule has 0 heterocycles. The maximum absolute atomic E-state index is 12.0. The van der Waals surface area contributed by atoms with Gasteiger partial charge >= 0.3 is 6.09 Å². The van der Waals surface area contributed by atoms with Crippen molar-refractivity contribution in [2.75, 3.05) is 0 Å². The van der Waals surface area contributed by atoms with Crippen molar-refractivity contribution >= 4 is 17.8 Å². The molecule has 0 bridgehead atoms. The number of amidine groups is 1. The molecule has 0 fully saturated rings. The fourth-order valence-corrected chi connectivity index (χ4v) is 1.34. The van der Waals surface area contributed by atoms with E-state index in [0.717, 1.165) is 11.0 Å². The van der Waals surface area contributed by atoms with Crippen molar-refractivity contribution in [3.05, 3.63) is 62.6 Å². The first-order valence-electron chi connectivity index (χ1n) is 6.79. The van der Waals surface area contributed by atoms with Gasteiger partial charge in [0.15, 0.2) is 0 Å². The molecule has 0 aliphatic rings. The number of nitrogens with one attached hydrogen (secondary N) is 1. The van der Waals surface area contributed by atoms with Crippen molar-refractivity contribution < 1.29 is 14.3 Å². The third-order valence-corrected chi connectivity index (χ3v) is 2.20. The quantitative estimate of drug-likeness (QED) is 0.354. The summed E-state index contributed by atoms with van der Waals surface area (Å²) >= 11 is 0. The topological polar surface area (TPSA) is 71.0 Å². The van der Waals surface area contributed by atoms with Crippen molar-refractivity contribution in [1.82, 2.24) is 10.2 Å². The molecule has 23 heavy (non-hydrogen) atoms. The van der Waals surface area contributed by atoms with Crippen LogP contribution in [0.3, 0.4) is 0 Å². The highest BCUT2D eigenvalue weighted by Crippen LogP contribution is 2.08. The van der Waals surface area contributed by atoms with E-state index in [2.05, 4.69) is 36.6 Å². The van der Waals surface area contributed by atoms with Crippen molar-refractivity contribution in [2.24, 2.45) is 4.99 Å². The van der Waals surface area contributed by atoms with E-state index in [1.165, 1.54) is 24.6 Å². The van der Waals surface area contributed by atoms with E-state index < -0.39 is 17.6 Å². The highest BCUT2D eigenvalue weighted by Gasteiger charge is 2.18. The molecule has 0 aliphatic carbocycles. The number of ether oxygens (including phenoxy) is 1. The molecule has 0 aromatic carbocycles. The SMILES string of the molecule is C=C/N=C(/C=C)N(/C=C(\C=C)NC(=O)OC(C)(C)C)C(=O)C=C. The van der Waals surface area contributed by atoms with E-state index in [0.29, 0.717) is 0 Å². The van der Waals surface area contributed by atoms with Gasteiger partial charge in [-0.05, 0) is 39.0 Å². The lowest BCUT2D eigenvalue weighted by molar-refractivity contribution is -0.120. The molecule has 6 nitrogen and oxygen atoms in total. The summed E-state index contributed by atoms with van der Waals surface area (Å²) in [6.07, 6.45) is 5.77. The Labute approximate surface area is 137 Å². The molecule has 0 aromatic rings. The molecule has 124 valence electrons. The average molecular weight is 317 g/mol. The van der Waals surface area contributed by atoms with E-state index in [-0.39, 0.29) is 11.5 Å². The van der Waals surface area contributed by atoms with Gasteiger partial charge in [0.25, 0.3) is 5.91 Å². The summed E-state index contributed by atoms with van der Waals surface area (Å²) in [4.78, 5) is 28.9. The molecule has 0 saturated carbocycles. The Kier molecular flexibility index (Phi) is 8.04. The van der Waals surface area contributed by atoms with Gasteiger partial charge < -0.3 is 4.74 Å². The van der Waals surface area contributed by atoms with Gasteiger partial charge in [0, 0.05) is 12.4 Å². The lowest BCUT2D eigenvalue weighted by atomic mass is 10.2. The minimum absolute atomic E-state index is 0.218. The monoisotopic (exact) mass is 317 g/mol. The Morgan fingerprint density at radius 2 is 1.70 bits per heavy atom. The van der Waals surface area contributed by atoms with E-state index in [4.69, 9.17) is 4.74 Å². The van der Waals surface area contributed by atoms with E-state index in [9.17, 15) is 9.59 Å². The molecule has 0 unspecified atom stereocenters. The van der Waals surface area contributed by atoms with Crippen LogP contribution in [0.4, 0.5) is 4.79 Å². The van der Waals surface area contributed by atoms with Crippen LogP contribution in [0.1, 0.15) is 20.8 Å². The Balaban J connectivity index is 5.52. The molecular weight excluding hydrogens is 294 g/mol. The second kappa shape index (κ2) is 9.19. The maximum Gasteiger partial charge on any atom is 0.412 e. The average Bonchev–Trinajstić information content (AvgIpc) is 2.46. The fourth-order valence-electron chi connectivity index (χ4n) is 1.34. The molecule has 1 N–H and O–H groups in total. The molecule has 0 spiro atoms. The van der Waals surface area contributed by atoms with Gasteiger partial charge in [-0.1, -0.05) is 26.3 Å². The number of rotatable bonds is 6. The molecule has 0 rings (SSSR count). The van der Waals surface area contributed by atoms with Crippen LogP contribution >= 0.6 is 0 Å². The van der Waals surface area contributed by atoms with Gasteiger partial charge in [0.1, 0.15) is 11.4 Å². The Morgan fingerprint density at radius 1 is 1.09 bits per heavy atom. The molecule has 0 saturated heterocycles. The van der Waals surface area contributed by atoms with Gasteiger partial charge in [-0.25, -0.2) is 9.79 Å². The highest BCUT2D eigenvalue weighted by molar-refractivity contribution is 6.08. The summed E-state index contributed by atoms with van der Waals surface area (Å²) in [5, 5.41) is 2.49. The second-order valence-electron chi connectivity index (χ2n) is 5.20. The van der Waals surface area contributed by atoms with Crippen LogP contribution in [0, 0.1) is 0 Å². The molecule has 2 amide bonds. The lowest BCUT2D eigenvalue weighted by Crippen LogP contribution is -2.34. The van der Waals surface area contributed by atoms with Crippen molar-refractivity contribution in [2.45, 2.75) is 26.4 Å². The zero-order valence-electron chi connectivity index (χ0n) is 13.8. The normalized spacial score (nSPS) is 12.0. The van der Waals surface area contributed by atoms with Crippen LogP contribution in [-0.4, -0.2) is 28.3 Å². The third-order valence-electron chi connectivity index (χ3n) is 2.20. The number of amides is 2. The number of nitrogens with zero attached hydrogens (tertiary/aromatic N) is 2.